The maximum Gasteiger partial charge on any atom is 0.193 e. The molecule has 3 rings (SSSR count). The van der Waals surface area contributed by atoms with Gasteiger partial charge in [0.15, 0.2) is 5.96 Å². The smallest absolute Gasteiger partial charge is 0.193 e. The first-order valence-electron chi connectivity index (χ1n) is 9.09. The van der Waals surface area contributed by atoms with Crippen molar-refractivity contribution in [2.24, 2.45) is 12.0 Å². The van der Waals surface area contributed by atoms with Crippen LogP contribution in [0.4, 0.5) is 0 Å². The fourth-order valence-electron chi connectivity index (χ4n) is 3.25. The number of halogens is 2. The van der Waals surface area contributed by atoms with Gasteiger partial charge in [0.2, 0.25) is 0 Å². The van der Waals surface area contributed by atoms with Crippen LogP contribution in [-0.2, 0) is 7.05 Å². The van der Waals surface area contributed by atoms with E-state index in [1.807, 2.05) is 25.0 Å². The Balaban J connectivity index is 1.40. The van der Waals surface area contributed by atoms with Gasteiger partial charge >= 0.3 is 0 Å². The predicted octanol–water partition coefficient (Wildman–Crippen LogP) is 3.56. The zero-order valence-electron chi connectivity index (χ0n) is 15.7. The monoisotopic (exact) mass is 409 g/mol. The van der Waals surface area contributed by atoms with E-state index in [9.17, 15) is 0 Å². The molecule has 1 unspecified atom stereocenters. The van der Waals surface area contributed by atoms with Gasteiger partial charge in [0.25, 0.3) is 0 Å². The van der Waals surface area contributed by atoms with Crippen molar-refractivity contribution in [2.75, 3.05) is 33.3 Å². The van der Waals surface area contributed by atoms with Crippen molar-refractivity contribution in [3.05, 3.63) is 46.2 Å². The first-order valence-corrected chi connectivity index (χ1v) is 9.84. The molecular weight excluding hydrogens is 385 g/mol. The fourth-order valence-corrected chi connectivity index (χ4v) is 3.72. The summed E-state index contributed by atoms with van der Waals surface area (Å²) in [4.78, 5) is 6.72. The molecule has 27 heavy (non-hydrogen) atoms. The molecule has 0 radical (unpaired) electrons. The summed E-state index contributed by atoms with van der Waals surface area (Å²) in [6.07, 6.45) is 6.02. The molecule has 8 heteroatoms. The van der Waals surface area contributed by atoms with Gasteiger partial charge in [0, 0.05) is 50.9 Å². The van der Waals surface area contributed by atoms with Crippen molar-refractivity contribution in [1.29, 1.82) is 0 Å². The Labute approximate surface area is 170 Å². The number of ether oxygens (including phenoxy) is 1. The zero-order valence-corrected chi connectivity index (χ0v) is 17.2. The standard InChI is InChI=1S/C19H25Cl2N5O/c1-22-19(26-8-6-14(13-26)15-11-24-25(2)12-15)23-7-3-9-27-18-5-4-16(20)10-17(18)21/h4-5,10-12,14H,3,6-9,13H2,1-2H3,(H,22,23). The SMILES string of the molecule is CN=C(NCCCOc1ccc(Cl)cc1Cl)N1CCC(c2cnn(C)c2)C1. The summed E-state index contributed by atoms with van der Waals surface area (Å²) >= 11 is 12.0. The molecule has 0 spiro atoms. The minimum Gasteiger partial charge on any atom is -0.492 e. The number of likely N-dealkylation sites (tertiary alicyclic amines) is 1. The topological polar surface area (TPSA) is 54.7 Å². The number of hydrogen-bond acceptors (Lipinski definition) is 3. The number of aliphatic imine (C=N–C) groups is 1. The van der Waals surface area contributed by atoms with Crippen molar-refractivity contribution in [2.45, 2.75) is 18.8 Å². The van der Waals surface area contributed by atoms with Crippen molar-refractivity contribution in [3.8, 4) is 5.75 Å². The van der Waals surface area contributed by atoms with Crippen molar-refractivity contribution < 1.29 is 4.74 Å². The summed E-state index contributed by atoms with van der Waals surface area (Å²) in [5, 5.41) is 8.84. The molecule has 0 amide bonds. The van der Waals surface area contributed by atoms with Gasteiger partial charge in [-0.2, -0.15) is 5.10 Å². The second kappa shape index (κ2) is 9.33. The molecule has 1 N–H and O–H groups in total. The number of aryl methyl sites for hydroxylation is 1. The van der Waals surface area contributed by atoms with Gasteiger partial charge in [-0.3, -0.25) is 9.67 Å². The molecule has 1 fully saturated rings. The molecule has 146 valence electrons. The van der Waals surface area contributed by atoms with Crippen LogP contribution in [0.2, 0.25) is 10.0 Å². The minimum atomic E-state index is 0.507. The lowest BCUT2D eigenvalue weighted by Gasteiger charge is -2.21. The molecule has 1 saturated heterocycles. The number of guanidine groups is 1. The maximum atomic E-state index is 6.11. The summed E-state index contributed by atoms with van der Waals surface area (Å²) in [5.41, 5.74) is 1.30. The molecular formula is C19H25Cl2N5O. The van der Waals surface area contributed by atoms with Gasteiger partial charge in [-0.15, -0.1) is 0 Å². The van der Waals surface area contributed by atoms with E-state index in [2.05, 4.69) is 26.5 Å². The lowest BCUT2D eigenvalue weighted by molar-refractivity contribution is 0.310. The highest BCUT2D eigenvalue weighted by atomic mass is 35.5. The zero-order chi connectivity index (χ0) is 19.2. The Morgan fingerprint density at radius 1 is 1.41 bits per heavy atom. The quantitative estimate of drug-likeness (QED) is 0.450. The highest BCUT2D eigenvalue weighted by Gasteiger charge is 2.26. The predicted molar refractivity (Wildman–Crippen MR) is 110 cm³/mol. The van der Waals surface area contributed by atoms with Gasteiger partial charge in [0.05, 0.1) is 17.8 Å². The van der Waals surface area contributed by atoms with Crippen LogP contribution in [0.3, 0.4) is 0 Å². The molecule has 1 aromatic heterocycles. The molecule has 1 aliphatic rings. The Morgan fingerprint density at radius 3 is 2.96 bits per heavy atom. The van der Waals surface area contributed by atoms with Crippen LogP contribution in [0.5, 0.6) is 5.75 Å². The Morgan fingerprint density at radius 2 is 2.26 bits per heavy atom. The van der Waals surface area contributed by atoms with Crippen LogP contribution in [0, 0.1) is 0 Å². The van der Waals surface area contributed by atoms with Crippen molar-refractivity contribution in [1.82, 2.24) is 20.0 Å². The number of rotatable bonds is 6. The molecule has 2 heterocycles. The first-order chi connectivity index (χ1) is 13.1. The average molecular weight is 410 g/mol. The van der Waals surface area contributed by atoms with Crippen LogP contribution in [-0.4, -0.2) is 53.9 Å². The van der Waals surface area contributed by atoms with E-state index in [1.54, 1.807) is 18.2 Å². The number of nitrogens with one attached hydrogen (secondary N) is 1. The third-order valence-corrected chi connectivity index (χ3v) is 5.18. The largest absolute Gasteiger partial charge is 0.492 e. The van der Waals surface area contributed by atoms with E-state index in [-0.39, 0.29) is 0 Å². The van der Waals surface area contributed by atoms with E-state index >= 15 is 0 Å². The van der Waals surface area contributed by atoms with Crippen LogP contribution < -0.4 is 10.1 Å². The summed E-state index contributed by atoms with van der Waals surface area (Å²) in [7, 11) is 3.78. The van der Waals surface area contributed by atoms with E-state index in [0.29, 0.717) is 28.3 Å². The Hall–Kier alpha value is -1.92. The molecule has 1 atom stereocenters. The second-order valence-electron chi connectivity index (χ2n) is 6.63. The summed E-state index contributed by atoms with van der Waals surface area (Å²) < 4.78 is 7.58. The summed E-state index contributed by atoms with van der Waals surface area (Å²) in [6.45, 7) is 3.31. The number of nitrogens with zero attached hydrogens (tertiary/aromatic N) is 4. The molecule has 1 aliphatic heterocycles. The van der Waals surface area contributed by atoms with Gasteiger partial charge in [-0.05, 0) is 36.6 Å². The van der Waals surface area contributed by atoms with Crippen molar-refractivity contribution >= 4 is 29.2 Å². The Kier molecular flexibility index (Phi) is 6.85. The highest BCUT2D eigenvalue weighted by Crippen LogP contribution is 2.28. The lowest BCUT2D eigenvalue weighted by atomic mass is 10.0. The first kappa shape index (κ1) is 19.8. The molecule has 6 nitrogen and oxygen atoms in total. The van der Waals surface area contributed by atoms with Crippen LogP contribution in [0.15, 0.2) is 35.6 Å². The Bertz CT molecular complexity index is 792. The van der Waals surface area contributed by atoms with Gasteiger partial charge < -0.3 is 15.0 Å². The van der Waals surface area contributed by atoms with E-state index in [0.717, 1.165) is 38.4 Å². The molecule has 2 aromatic rings. The van der Waals surface area contributed by atoms with Crippen LogP contribution >= 0.6 is 23.2 Å². The summed E-state index contributed by atoms with van der Waals surface area (Å²) in [5.74, 6) is 2.10. The number of benzene rings is 1. The maximum absolute atomic E-state index is 6.11. The summed E-state index contributed by atoms with van der Waals surface area (Å²) in [6, 6.07) is 5.25. The van der Waals surface area contributed by atoms with E-state index in [1.165, 1.54) is 5.56 Å². The highest BCUT2D eigenvalue weighted by molar-refractivity contribution is 6.35. The third-order valence-electron chi connectivity index (χ3n) is 4.65. The van der Waals surface area contributed by atoms with Gasteiger partial charge in [-0.1, -0.05) is 23.2 Å². The molecule has 0 bridgehead atoms. The van der Waals surface area contributed by atoms with E-state index < -0.39 is 0 Å². The molecule has 0 saturated carbocycles. The fraction of sp³-hybridized carbons (Fsp3) is 0.474. The normalized spacial score (nSPS) is 17.4. The van der Waals surface area contributed by atoms with Crippen molar-refractivity contribution in [3.63, 3.8) is 0 Å². The van der Waals surface area contributed by atoms with Crippen LogP contribution in [0.25, 0.3) is 0 Å². The van der Waals surface area contributed by atoms with Gasteiger partial charge in [-0.25, -0.2) is 0 Å². The molecule has 1 aromatic carbocycles. The number of hydrogen-bond donors (Lipinski definition) is 1. The van der Waals surface area contributed by atoms with E-state index in [4.69, 9.17) is 27.9 Å². The minimum absolute atomic E-state index is 0.507. The third kappa shape index (κ3) is 5.30. The average Bonchev–Trinajstić information content (AvgIpc) is 3.29. The second-order valence-corrected chi connectivity index (χ2v) is 7.47. The van der Waals surface area contributed by atoms with Gasteiger partial charge in [0.1, 0.15) is 5.75 Å². The number of aromatic nitrogens is 2. The van der Waals surface area contributed by atoms with Crippen LogP contribution in [0.1, 0.15) is 24.3 Å². The lowest BCUT2D eigenvalue weighted by Crippen LogP contribution is -2.40. The molecule has 0 aliphatic carbocycles.